The summed E-state index contributed by atoms with van der Waals surface area (Å²) in [5.41, 5.74) is 5.99. The van der Waals surface area contributed by atoms with Crippen molar-refractivity contribution in [2.75, 3.05) is 0 Å². The second kappa shape index (κ2) is 5.13. The minimum Gasteiger partial charge on any atom is -0.212 e. The van der Waals surface area contributed by atoms with Crippen molar-refractivity contribution in [3.8, 4) is 16.9 Å². The lowest BCUT2D eigenvalue weighted by Gasteiger charge is -2.13. The molecule has 0 bridgehead atoms. The van der Waals surface area contributed by atoms with Gasteiger partial charge in [0.1, 0.15) is 5.82 Å². The van der Waals surface area contributed by atoms with Crippen LogP contribution in [0.4, 0.5) is 4.39 Å². The number of hydrogen-bond acceptors (Lipinski definition) is 2. The molecule has 0 N–H and O–H groups in total. The van der Waals surface area contributed by atoms with Gasteiger partial charge in [-0.05, 0) is 44.0 Å². The second-order valence-electron chi connectivity index (χ2n) is 5.29. The number of benzene rings is 2. The largest absolute Gasteiger partial charge is 0.212 e. The zero-order valence-electron chi connectivity index (χ0n) is 12.3. The van der Waals surface area contributed by atoms with Gasteiger partial charge in [-0.3, -0.25) is 0 Å². The van der Waals surface area contributed by atoms with Crippen LogP contribution in [0, 0.1) is 26.6 Å². The molecule has 0 amide bonds. The molecule has 106 valence electrons. The van der Waals surface area contributed by atoms with Gasteiger partial charge in [-0.15, -0.1) is 5.10 Å². The number of hydrogen-bond donors (Lipinski definition) is 0. The quantitative estimate of drug-likeness (QED) is 0.711. The lowest BCUT2D eigenvalue weighted by atomic mass is 10.0. The van der Waals surface area contributed by atoms with E-state index in [1.807, 2.05) is 19.9 Å². The molecule has 0 atom stereocenters. The summed E-state index contributed by atoms with van der Waals surface area (Å²) in [4.78, 5) is 0. The zero-order valence-corrected chi connectivity index (χ0v) is 12.3. The molecule has 21 heavy (non-hydrogen) atoms. The third-order valence-corrected chi connectivity index (χ3v) is 3.52. The van der Waals surface area contributed by atoms with E-state index >= 15 is 0 Å². The second-order valence-corrected chi connectivity index (χ2v) is 5.29. The average Bonchev–Trinajstić information content (AvgIpc) is 2.86. The molecule has 0 aliphatic rings. The van der Waals surface area contributed by atoms with Crippen LogP contribution in [-0.2, 0) is 0 Å². The van der Waals surface area contributed by atoms with Crippen LogP contribution < -0.4 is 0 Å². The van der Waals surface area contributed by atoms with Gasteiger partial charge in [0, 0.05) is 5.56 Å². The van der Waals surface area contributed by atoms with Gasteiger partial charge in [-0.1, -0.05) is 35.0 Å². The van der Waals surface area contributed by atoms with Crippen LogP contribution in [0.15, 0.2) is 42.6 Å². The van der Waals surface area contributed by atoms with E-state index in [9.17, 15) is 4.39 Å². The maximum Gasteiger partial charge on any atom is 0.123 e. The number of rotatable bonds is 2. The molecule has 1 aromatic heterocycles. The molecular formula is C17H16FN3. The van der Waals surface area contributed by atoms with Gasteiger partial charge in [0.2, 0.25) is 0 Å². The van der Waals surface area contributed by atoms with E-state index in [0.717, 1.165) is 28.1 Å². The molecule has 3 aromatic rings. The first kappa shape index (κ1) is 13.5. The molecule has 0 saturated carbocycles. The first-order valence-corrected chi connectivity index (χ1v) is 6.81. The third kappa shape index (κ3) is 2.44. The van der Waals surface area contributed by atoms with Crippen molar-refractivity contribution >= 4 is 0 Å². The Balaban J connectivity index is 2.21. The van der Waals surface area contributed by atoms with Crippen molar-refractivity contribution < 1.29 is 4.39 Å². The fourth-order valence-corrected chi connectivity index (χ4v) is 2.75. The topological polar surface area (TPSA) is 30.7 Å². The fraction of sp³-hybridized carbons (Fsp3) is 0.176. The Morgan fingerprint density at radius 3 is 2.38 bits per heavy atom. The molecule has 1 heterocycles. The van der Waals surface area contributed by atoms with Crippen molar-refractivity contribution in [3.05, 3.63) is 65.1 Å². The predicted octanol–water partition coefficient (Wildman–Crippen LogP) is 4.00. The minimum absolute atomic E-state index is 0.266. The standard InChI is InChI=1S/C17H16FN3/c1-11-7-12(2)17(13(3)8-11)21-16(10-19-20-21)14-5-4-6-15(18)9-14/h4-10H,1-3H3. The predicted molar refractivity (Wildman–Crippen MR) is 81.0 cm³/mol. The van der Waals surface area contributed by atoms with Crippen molar-refractivity contribution in [2.45, 2.75) is 20.8 Å². The van der Waals surface area contributed by atoms with Crippen LogP contribution in [-0.4, -0.2) is 15.0 Å². The van der Waals surface area contributed by atoms with Gasteiger partial charge in [0.15, 0.2) is 0 Å². The molecule has 0 radical (unpaired) electrons. The van der Waals surface area contributed by atoms with Crippen LogP contribution in [0.3, 0.4) is 0 Å². The molecule has 0 spiro atoms. The van der Waals surface area contributed by atoms with Gasteiger partial charge >= 0.3 is 0 Å². The maximum atomic E-state index is 13.5. The summed E-state index contributed by atoms with van der Waals surface area (Å²) in [5.74, 6) is -0.266. The fourth-order valence-electron chi connectivity index (χ4n) is 2.75. The molecule has 0 aliphatic carbocycles. The summed E-state index contributed by atoms with van der Waals surface area (Å²) in [6, 6.07) is 10.7. The van der Waals surface area contributed by atoms with Gasteiger partial charge in [-0.2, -0.15) is 0 Å². The molecule has 0 fully saturated rings. The summed E-state index contributed by atoms with van der Waals surface area (Å²) < 4.78 is 15.2. The highest BCUT2D eigenvalue weighted by Crippen LogP contribution is 2.26. The van der Waals surface area contributed by atoms with Gasteiger partial charge in [0.05, 0.1) is 17.6 Å². The molecule has 4 heteroatoms. The Morgan fingerprint density at radius 2 is 1.71 bits per heavy atom. The van der Waals surface area contributed by atoms with Crippen LogP contribution in [0.2, 0.25) is 0 Å². The normalized spacial score (nSPS) is 10.9. The molecule has 3 rings (SSSR count). The lowest BCUT2D eigenvalue weighted by molar-refractivity contribution is 0.628. The highest BCUT2D eigenvalue weighted by Gasteiger charge is 2.13. The summed E-state index contributed by atoms with van der Waals surface area (Å²) in [6.45, 7) is 6.16. The molecule has 0 unspecified atom stereocenters. The Morgan fingerprint density at radius 1 is 1.00 bits per heavy atom. The average molecular weight is 281 g/mol. The highest BCUT2D eigenvalue weighted by atomic mass is 19.1. The van der Waals surface area contributed by atoms with E-state index in [1.54, 1.807) is 16.9 Å². The van der Waals surface area contributed by atoms with Crippen molar-refractivity contribution in [1.82, 2.24) is 15.0 Å². The Labute approximate surface area is 123 Å². The zero-order chi connectivity index (χ0) is 15.0. The lowest BCUT2D eigenvalue weighted by Crippen LogP contribution is -2.05. The van der Waals surface area contributed by atoms with Crippen LogP contribution in [0.5, 0.6) is 0 Å². The molecule has 3 nitrogen and oxygen atoms in total. The molecule has 2 aromatic carbocycles. The summed E-state index contributed by atoms with van der Waals surface area (Å²) in [6.07, 6.45) is 1.66. The number of halogens is 1. The minimum atomic E-state index is -0.266. The smallest absolute Gasteiger partial charge is 0.123 e. The Hall–Kier alpha value is -2.49. The summed E-state index contributed by atoms with van der Waals surface area (Å²) >= 11 is 0. The number of nitrogens with zero attached hydrogens (tertiary/aromatic N) is 3. The number of aryl methyl sites for hydroxylation is 3. The Bertz CT molecular complexity index is 782. The van der Waals surface area contributed by atoms with Crippen molar-refractivity contribution in [3.63, 3.8) is 0 Å². The first-order valence-electron chi connectivity index (χ1n) is 6.81. The third-order valence-electron chi connectivity index (χ3n) is 3.52. The van der Waals surface area contributed by atoms with Crippen molar-refractivity contribution in [2.24, 2.45) is 0 Å². The van der Waals surface area contributed by atoms with Gasteiger partial charge in [-0.25, -0.2) is 9.07 Å². The SMILES string of the molecule is Cc1cc(C)c(-n2nncc2-c2cccc(F)c2)c(C)c1. The van der Waals surface area contributed by atoms with Gasteiger partial charge in [0.25, 0.3) is 0 Å². The van der Waals surface area contributed by atoms with E-state index in [0.29, 0.717) is 0 Å². The maximum absolute atomic E-state index is 13.5. The van der Waals surface area contributed by atoms with E-state index in [4.69, 9.17) is 0 Å². The molecular weight excluding hydrogens is 265 g/mol. The van der Waals surface area contributed by atoms with Crippen LogP contribution in [0.1, 0.15) is 16.7 Å². The molecule has 0 saturated heterocycles. The van der Waals surface area contributed by atoms with E-state index in [1.165, 1.54) is 17.7 Å². The van der Waals surface area contributed by atoms with Crippen LogP contribution >= 0.6 is 0 Å². The molecule has 0 aliphatic heterocycles. The van der Waals surface area contributed by atoms with E-state index in [2.05, 4.69) is 29.4 Å². The van der Waals surface area contributed by atoms with Crippen molar-refractivity contribution in [1.29, 1.82) is 0 Å². The highest BCUT2D eigenvalue weighted by molar-refractivity contribution is 5.63. The Kier molecular flexibility index (Phi) is 3.29. The van der Waals surface area contributed by atoms with Gasteiger partial charge < -0.3 is 0 Å². The monoisotopic (exact) mass is 281 g/mol. The number of aromatic nitrogens is 3. The first-order chi connectivity index (χ1) is 10.1. The van der Waals surface area contributed by atoms with E-state index < -0.39 is 0 Å². The van der Waals surface area contributed by atoms with E-state index in [-0.39, 0.29) is 5.82 Å². The summed E-state index contributed by atoms with van der Waals surface area (Å²) in [5, 5.41) is 8.19. The summed E-state index contributed by atoms with van der Waals surface area (Å²) in [7, 11) is 0. The van der Waals surface area contributed by atoms with Crippen LogP contribution in [0.25, 0.3) is 16.9 Å².